The molecule has 0 amide bonds. The average molecular weight is 355 g/mol. The minimum atomic E-state index is -3.61. The lowest BCUT2D eigenvalue weighted by Gasteiger charge is -2.27. The van der Waals surface area contributed by atoms with Crippen molar-refractivity contribution in [2.45, 2.75) is 39.5 Å². The van der Waals surface area contributed by atoms with Gasteiger partial charge in [-0.05, 0) is 38.1 Å². The predicted octanol–water partition coefficient (Wildman–Crippen LogP) is 2.88. The zero-order valence-electron chi connectivity index (χ0n) is 15.4. The van der Waals surface area contributed by atoms with Gasteiger partial charge in [-0.25, -0.2) is 8.42 Å². The summed E-state index contributed by atoms with van der Waals surface area (Å²) in [5.41, 5.74) is 0.421. The van der Waals surface area contributed by atoms with E-state index in [-0.39, 0.29) is 16.6 Å². The molecular formula is C18H30N2O3S. The van der Waals surface area contributed by atoms with Crippen LogP contribution in [-0.2, 0) is 10.0 Å². The summed E-state index contributed by atoms with van der Waals surface area (Å²) in [7, 11) is -3.61. The van der Waals surface area contributed by atoms with Crippen molar-refractivity contribution < 1.29 is 13.2 Å². The molecule has 0 aliphatic carbocycles. The molecule has 0 heterocycles. The molecule has 0 aliphatic rings. The molecule has 0 spiro atoms. The lowest BCUT2D eigenvalue weighted by Crippen LogP contribution is -2.40. The van der Waals surface area contributed by atoms with Gasteiger partial charge in [-0.15, -0.1) is 0 Å². The van der Waals surface area contributed by atoms with Crippen LogP contribution in [0, 0.1) is 5.92 Å². The molecule has 1 rings (SSSR count). The Labute approximate surface area is 146 Å². The Morgan fingerprint density at radius 3 is 2.25 bits per heavy atom. The molecular weight excluding hydrogens is 324 g/mol. The number of likely N-dealkylation sites (N-methyl/N-ethyl adjacent to an activating group) is 1. The maximum Gasteiger partial charge on any atom is 0.243 e. The van der Waals surface area contributed by atoms with Crippen molar-refractivity contribution in [3.05, 3.63) is 29.8 Å². The Morgan fingerprint density at radius 1 is 1.12 bits per heavy atom. The van der Waals surface area contributed by atoms with Gasteiger partial charge < -0.3 is 4.90 Å². The molecule has 136 valence electrons. The number of hydrogen-bond donors (Lipinski definition) is 0. The van der Waals surface area contributed by atoms with Crippen LogP contribution in [0.4, 0.5) is 0 Å². The van der Waals surface area contributed by atoms with Gasteiger partial charge in [0.15, 0.2) is 5.78 Å². The third-order valence-electron chi connectivity index (χ3n) is 4.01. The van der Waals surface area contributed by atoms with Crippen molar-refractivity contribution in [1.29, 1.82) is 0 Å². The van der Waals surface area contributed by atoms with Crippen LogP contribution >= 0.6 is 0 Å². The van der Waals surface area contributed by atoms with Crippen LogP contribution in [0.5, 0.6) is 0 Å². The van der Waals surface area contributed by atoms with E-state index in [0.717, 1.165) is 13.1 Å². The van der Waals surface area contributed by atoms with Crippen LogP contribution in [0.3, 0.4) is 0 Å². The van der Waals surface area contributed by atoms with Gasteiger partial charge in [0.1, 0.15) is 0 Å². The van der Waals surface area contributed by atoms with Crippen molar-refractivity contribution in [1.82, 2.24) is 9.21 Å². The largest absolute Gasteiger partial charge is 0.303 e. The van der Waals surface area contributed by atoms with E-state index >= 15 is 0 Å². The number of Topliss-reactive ketones (excluding diaryl/α,β-unsaturated/α-hetero) is 1. The molecule has 0 saturated heterocycles. The molecule has 5 nitrogen and oxygen atoms in total. The summed E-state index contributed by atoms with van der Waals surface area (Å²) in [5.74, 6) is 0.0954. The SMILES string of the molecule is CCN(CC)CCN(CC(C)C)S(=O)(=O)c1cccc(C(C)=O)c1. The zero-order valence-corrected chi connectivity index (χ0v) is 16.3. The minimum Gasteiger partial charge on any atom is -0.303 e. The Bertz CT molecular complexity index is 637. The molecule has 0 aliphatic heterocycles. The van der Waals surface area contributed by atoms with Crippen LogP contribution in [0.15, 0.2) is 29.2 Å². The molecule has 1 aromatic rings. The number of carbonyl (C=O) groups excluding carboxylic acids is 1. The molecule has 0 bridgehead atoms. The number of sulfonamides is 1. The van der Waals surface area contributed by atoms with Gasteiger partial charge in [0.2, 0.25) is 10.0 Å². The van der Waals surface area contributed by atoms with Crippen LogP contribution in [0.1, 0.15) is 45.0 Å². The summed E-state index contributed by atoms with van der Waals surface area (Å²) in [6, 6.07) is 6.31. The van der Waals surface area contributed by atoms with E-state index < -0.39 is 10.0 Å². The first-order chi connectivity index (χ1) is 11.2. The second-order valence-corrected chi connectivity index (χ2v) is 8.31. The summed E-state index contributed by atoms with van der Waals surface area (Å²) in [4.78, 5) is 13.9. The Kier molecular flexibility index (Phi) is 8.06. The monoisotopic (exact) mass is 354 g/mol. The Morgan fingerprint density at radius 2 is 1.75 bits per heavy atom. The third kappa shape index (κ3) is 5.69. The second kappa shape index (κ2) is 9.30. The number of benzene rings is 1. The van der Waals surface area contributed by atoms with Crippen molar-refractivity contribution >= 4 is 15.8 Å². The summed E-state index contributed by atoms with van der Waals surface area (Å²) >= 11 is 0. The maximum absolute atomic E-state index is 13.0. The molecule has 24 heavy (non-hydrogen) atoms. The topological polar surface area (TPSA) is 57.7 Å². The fourth-order valence-corrected chi connectivity index (χ4v) is 4.18. The average Bonchev–Trinajstić information content (AvgIpc) is 2.54. The first-order valence-electron chi connectivity index (χ1n) is 8.55. The van der Waals surface area contributed by atoms with Crippen molar-refractivity contribution in [2.75, 3.05) is 32.7 Å². The molecule has 1 aromatic carbocycles. The van der Waals surface area contributed by atoms with E-state index in [1.807, 2.05) is 13.8 Å². The number of ketones is 1. The fourth-order valence-electron chi connectivity index (χ4n) is 2.53. The van der Waals surface area contributed by atoms with Gasteiger partial charge in [0, 0.05) is 25.2 Å². The molecule has 0 fully saturated rings. The summed E-state index contributed by atoms with van der Waals surface area (Å²) in [5, 5.41) is 0. The zero-order chi connectivity index (χ0) is 18.3. The van der Waals surface area contributed by atoms with Crippen molar-refractivity contribution in [2.24, 2.45) is 5.92 Å². The van der Waals surface area contributed by atoms with E-state index in [2.05, 4.69) is 18.7 Å². The van der Waals surface area contributed by atoms with Crippen molar-refractivity contribution in [3.8, 4) is 0 Å². The van der Waals surface area contributed by atoms with E-state index in [1.54, 1.807) is 18.2 Å². The van der Waals surface area contributed by atoms with E-state index in [1.165, 1.54) is 17.3 Å². The normalized spacial score (nSPS) is 12.3. The lowest BCUT2D eigenvalue weighted by atomic mass is 10.2. The Balaban J connectivity index is 3.10. The highest BCUT2D eigenvalue weighted by Gasteiger charge is 2.25. The highest BCUT2D eigenvalue weighted by molar-refractivity contribution is 7.89. The quantitative estimate of drug-likeness (QED) is 0.606. The van der Waals surface area contributed by atoms with Gasteiger partial charge in [-0.3, -0.25) is 4.79 Å². The highest BCUT2D eigenvalue weighted by Crippen LogP contribution is 2.19. The molecule has 0 radical (unpaired) electrons. The predicted molar refractivity (Wildman–Crippen MR) is 97.8 cm³/mol. The van der Waals surface area contributed by atoms with Gasteiger partial charge in [-0.2, -0.15) is 4.31 Å². The van der Waals surface area contributed by atoms with E-state index in [9.17, 15) is 13.2 Å². The first-order valence-corrected chi connectivity index (χ1v) is 9.99. The molecule has 0 N–H and O–H groups in total. The number of hydrogen-bond acceptors (Lipinski definition) is 4. The molecule has 0 atom stereocenters. The molecule has 0 aromatic heterocycles. The first kappa shape index (κ1) is 20.8. The summed E-state index contributed by atoms with van der Waals surface area (Å²) in [6.07, 6.45) is 0. The third-order valence-corrected chi connectivity index (χ3v) is 5.87. The number of rotatable bonds is 10. The van der Waals surface area contributed by atoms with E-state index in [0.29, 0.717) is 25.2 Å². The summed E-state index contributed by atoms with van der Waals surface area (Å²) < 4.78 is 27.6. The van der Waals surface area contributed by atoms with Crippen LogP contribution in [0.2, 0.25) is 0 Å². The maximum atomic E-state index is 13.0. The van der Waals surface area contributed by atoms with Gasteiger partial charge in [0.25, 0.3) is 0 Å². The van der Waals surface area contributed by atoms with Crippen LogP contribution in [0.25, 0.3) is 0 Å². The van der Waals surface area contributed by atoms with Gasteiger partial charge in [-0.1, -0.05) is 39.8 Å². The molecule has 0 saturated carbocycles. The van der Waals surface area contributed by atoms with E-state index in [4.69, 9.17) is 0 Å². The lowest BCUT2D eigenvalue weighted by molar-refractivity contribution is 0.101. The molecule has 6 heteroatoms. The number of carbonyl (C=O) groups is 1. The summed E-state index contributed by atoms with van der Waals surface area (Å²) in [6.45, 7) is 13.0. The number of nitrogens with zero attached hydrogens (tertiary/aromatic N) is 2. The smallest absolute Gasteiger partial charge is 0.243 e. The van der Waals surface area contributed by atoms with Gasteiger partial charge in [0.05, 0.1) is 4.90 Å². The molecule has 0 unspecified atom stereocenters. The second-order valence-electron chi connectivity index (χ2n) is 6.37. The van der Waals surface area contributed by atoms with Crippen LogP contribution in [-0.4, -0.2) is 56.1 Å². The van der Waals surface area contributed by atoms with Crippen LogP contribution < -0.4 is 0 Å². The minimum absolute atomic E-state index is 0.134. The van der Waals surface area contributed by atoms with Gasteiger partial charge >= 0.3 is 0 Å². The standard InChI is InChI=1S/C18H30N2O3S/c1-6-19(7-2)11-12-20(14-15(3)4)24(22,23)18-10-8-9-17(13-18)16(5)21/h8-10,13,15H,6-7,11-12,14H2,1-5H3. The fraction of sp³-hybridized carbons (Fsp3) is 0.611. The van der Waals surface area contributed by atoms with Crippen molar-refractivity contribution in [3.63, 3.8) is 0 Å². The highest BCUT2D eigenvalue weighted by atomic mass is 32.2. The Hall–Kier alpha value is -1.24.